The van der Waals surface area contributed by atoms with Gasteiger partial charge in [0.05, 0.1) is 24.0 Å². The van der Waals surface area contributed by atoms with Gasteiger partial charge in [-0.05, 0) is 25.2 Å². The SMILES string of the molecule is Cc1ncc(Cl)c(N2CCC3(CC2)C[C@H](O)C[C@H](C(C)(C)C)O3)n1. The minimum Gasteiger partial charge on any atom is -0.393 e. The Morgan fingerprint density at radius 1 is 1.33 bits per heavy atom. The zero-order valence-electron chi connectivity index (χ0n) is 15.0. The molecule has 1 aromatic heterocycles. The van der Waals surface area contributed by atoms with Crippen LogP contribution in [0.4, 0.5) is 5.82 Å². The number of piperidine rings is 1. The monoisotopic (exact) mass is 353 g/mol. The van der Waals surface area contributed by atoms with Gasteiger partial charge in [-0.1, -0.05) is 32.4 Å². The number of rotatable bonds is 1. The Morgan fingerprint density at radius 2 is 2.00 bits per heavy atom. The van der Waals surface area contributed by atoms with Crippen molar-refractivity contribution in [1.29, 1.82) is 0 Å². The Hall–Kier alpha value is -0.910. The molecule has 5 nitrogen and oxygen atoms in total. The van der Waals surface area contributed by atoms with Gasteiger partial charge < -0.3 is 14.7 Å². The molecule has 2 aliphatic rings. The lowest BCUT2D eigenvalue weighted by molar-refractivity contribution is -0.199. The van der Waals surface area contributed by atoms with E-state index in [0.29, 0.717) is 5.02 Å². The molecular weight excluding hydrogens is 326 g/mol. The maximum Gasteiger partial charge on any atom is 0.151 e. The van der Waals surface area contributed by atoms with Crippen molar-refractivity contribution in [3.8, 4) is 0 Å². The van der Waals surface area contributed by atoms with E-state index in [2.05, 4.69) is 35.6 Å². The third-order valence-corrected chi connectivity index (χ3v) is 5.54. The van der Waals surface area contributed by atoms with E-state index >= 15 is 0 Å². The first-order valence-electron chi connectivity index (χ1n) is 8.78. The number of aliphatic hydroxyl groups is 1. The highest BCUT2D eigenvalue weighted by atomic mass is 35.5. The van der Waals surface area contributed by atoms with E-state index in [1.165, 1.54) is 0 Å². The van der Waals surface area contributed by atoms with Crippen LogP contribution in [0.3, 0.4) is 0 Å². The second-order valence-electron chi connectivity index (χ2n) is 8.32. The van der Waals surface area contributed by atoms with Crippen LogP contribution in [-0.2, 0) is 4.74 Å². The molecule has 3 rings (SSSR count). The van der Waals surface area contributed by atoms with E-state index in [1.807, 2.05) is 6.92 Å². The summed E-state index contributed by atoms with van der Waals surface area (Å²) in [6.07, 6.45) is 4.71. The van der Waals surface area contributed by atoms with Gasteiger partial charge in [0.1, 0.15) is 10.8 Å². The Balaban J connectivity index is 1.72. The van der Waals surface area contributed by atoms with E-state index < -0.39 is 0 Å². The van der Waals surface area contributed by atoms with Crippen LogP contribution in [0.2, 0.25) is 5.02 Å². The summed E-state index contributed by atoms with van der Waals surface area (Å²) in [5, 5.41) is 11.0. The number of aliphatic hydroxyl groups excluding tert-OH is 1. The number of anilines is 1. The van der Waals surface area contributed by atoms with Crippen LogP contribution in [0.15, 0.2) is 6.20 Å². The summed E-state index contributed by atoms with van der Waals surface area (Å²) in [5.74, 6) is 1.54. The highest BCUT2D eigenvalue weighted by Crippen LogP contribution is 2.43. The van der Waals surface area contributed by atoms with Crippen molar-refractivity contribution in [3.63, 3.8) is 0 Å². The summed E-state index contributed by atoms with van der Waals surface area (Å²) in [4.78, 5) is 10.8. The van der Waals surface area contributed by atoms with Crippen molar-refractivity contribution in [2.45, 2.75) is 71.2 Å². The molecule has 0 radical (unpaired) electrons. The van der Waals surface area contributed by atoms with Gasteiger partial charge in [0.2, 0.25) is 0 Å². The molecule has 0 bridgehead atoms. The Bertz CT molecular complexity index is 594. The number of ether oxygens (including phenoxy) is 1. The quantitative estimate of drug-likeness (QED) is 0.838. The number of nitrogens with zero attached hydrogens (tertiary/aromatic N) is 3. The van der Waals surface area contributed by atoms with Gasteiger partial charge in [-0.2, -0.15) is 0 Å². The average Bonchev–Trinajstić information content (AvgIpc) is 2.49. The zero-order valence-corrected chi connectivity index (χ0v) is 15.8. The minimum atomic E-state index is -0.278. The molecule has 0 amide bonds. The molecule has 0 aromatic carbocycles. The summed E-state index contributed by atoms with van der Waals surface area (Å²) in [6, 6.07) is 0. The summed E-state index contributed by atoms with van der Waals surface area (Å²) in [5.41, 5.74) is -0.181. The molecule has 0 aliphatic carbocycles. The smallest absolute Gasteiger partial charge is 0.151 e. The van der Waals surface area contributed by atoms with Crippen molar-refractivity contribution >= 4 is 17.4 Å². The first-order valence-corrected chi connectivity index (χ1v) is 9.16. The van der Waals surface area contributed by atoms with Crippen molar-refractivity contribution in [2.24, 2.45) is 5.41 Å². The molecule has 3 heterocycles. The van der Waals surface area contributed by atoms with Crippen molar-refractivity contribution in [1.82, 2.24) is 9.97 Å². The van der Waals surface area contributed by atoms with Crippen molar-refractivity contribution in [2.75, 3.05) is 18.0 Å². The van der Waals surface area contributed by atoms with Gasteiger partial charge in [0.25, 0.3) is 0 Å². The van der Waals surface area contributed by atoms with Crippen molar-refractivity contribution in [3.05, 3.63) is 17.0 Å². The van der Waals surface area contributed by atoms with E-state index in [1.54, 1.807) is 6.20 Å². The van der Waals surface area contributed by atoms with E-state index in [9.17, 15) is 5.11 Å². The lowest BCUT2D eigenvalue weighted by Gasteiger charge is -2.51. The fourth-order valence-electron chi connectivity index (χ4n) is 3.80. The van der Waals surface area contributed by atoms with Crippen LogP contribution >= 0.6 is 11.6 Å². The molecule has 24 heavy (non-hydrogen) atoms. The highest BCUT2D eigenvalue weighted by Gasteiger charge is 2.46. The van der Waals surface area contributed by atoms with Crippen LogP contribution in [0, 0.1) is 12.3 Å². The standard InChI is InChI=1S/C18H28ClN3O2/c1-12-20-11-14(19)16(21-12)22-7-5-18(6-8-22)10-13(23)9-15(24-18)17(2,3)4/h11,13,15,23H,5-10H2,1-4H3/t13-,15-/m1/s1. The van der Waals surface area contributed by atoms with E-state index in [4.69, 9.17) is 16.3 Å². The third kappa shape index (κ3) is 3.68. The number of hydrogen-bond donors (Lipinski definition) is 1. The number of aryl methyl sites for hydroxylation is 1. The Morgan fingerprint density at radius 3 is 2.62 bits per heavy atom. The molecule has 1 aromatic rings. The number of halogens is 1. The zero-order chi connectivity index (χ0) is 17.5. The van der Waals surface area contributed by atoms with Crippen molar-refractivity contribution < 1.29 is 9.84 Å². The molecule has 1 spiro atoms. The first-order chi connectivity index (χ1) is 11.2. The average molecular weight is 354 g/mol. The summed E-state index contributed by atoms with van der Waals surface area (Å²) < 4.78 is 6.54. The largest absolute Gasteiger partial charge is 0.393 e. The predicted octanol–water partition coefficient (Wildman–Crippen LogP) is 3.36. The lowest BCUT2D eigenvalue weighted by Crippen LogP contribution is -2.55. The fourth-order valence-corrected chi connectivity index (χ4v) is 4.01. The van der Waals surface area contributed by atoms with Crippen LogP contribution in [0.5, 0.6) is 0 Å². The van der Waals surface area contributed by atoms with Gasteiger partial charge in [-0.25, -0.2) is 9.97 Å². The van der Waals surface area contributed by atoms with E-state index in [-0.39, 0.29) is 23.2 Å². The summed E-state index contributed by atoms with van der Waals surface area (Å²) in [7, 11) is 0. The number of aromatic nitrogens is 2. The molecule has 1 N–H and O–H groups in total. The summed E-state index contributed by atoms with van der Waals surface area (Å²) in [6.45, 7) is 10.1. The molecule has 2 aliphatic heterocycles. The van der Waals surface area contributed by atoms with E-state index in [0.717, 1.165) is 50.4 Å². The molecule has 134 valence electrons. The van der Waals surface area contributed by atoms with Gasteiger partial charge in [-0.3, -0.25) is 0 Å². The minimum absolute atomic E-state index is 0.0403. The molecular formula is C18H28ClN3O2. The third-order valence-electron chi connectivity index (χ3n) is 5.27. The normalized spacial score (nSPS) is 27.5. The van der Waals surface area contributed by atoms with Crippen LogP contribution in [0.1, 0.15) is 52.3 Å². The van der Waals surface area contributed by atoms with Gasteiger partial charge >= 0.3 is 0 Å². The Labute approximate surface area is 149 Å². The van der Waals surface area contributed by atoms with Crippen LogP contribution < -0.4 is 4.90 Å². The first kappa shape index (κ1) is 17.9. The van der Waals surface area contributed by atoms with Gasteiger partial charge in [0.15, 0.2) is 5.82 Å². The Kier molecular flexibility index (Phi) is 4.80. The molecule has 2 fully saturated rings. The molecule has 2 saturated heterocycles. The predicted molar refractivity (Wildman–Crippen MR) is 95.5 cm³/mol. The van der Waals surface area contributed by atoms with Crippen LogP contribution in [-0.4, -0.2) is 46.0 Å². The van der Waals surface area contributed by atoms with Crippen LogP contribution in [0.25, 0.3) is 0 Å². The maximum atomic E-state index is 10.4. The summed E-state index contributed by atoms with van der Waals surface area (Å²) >= 11 is 6.28. The molecule has 0 unspecified atom stereocenters. The molecule has 6 heteroatoms. The second kappa shape index (κ2) is 6.43. The lowest BCUT2D eigenvalue weighted by atomic mass is 9.76. The maximum absolute atomic E-state index is 10.4. The number of hydrogen-bond acceptors (Lipinski definition) is 5. The second-order valence-corrected chi connectivity index (χ2v) is 8.73. The fraction of sp³-hybridized carbons (Fsp3) is 0.778. The topological polar surface area (TPSA) is 58.5 Å². The van der Waals surface area contributed by atoms with Gasteiger partial charge in [-0.15, -0.1) is 0 Å². The molecule has 0 saturated carbocycles. The highest BCUT2D eigenvalue weighted by molar-refractivity contribution is 6.32. The molecule has 2 atom stereocenters. The van der Waals surface area contributed by atoms with Gasteiger partial charge in [0, 0.05) is 25.9 Å².